The zero-order chi connectivity index (χ0) is 21.3. The van der Waals surface area contributed by atoms with Gasteiger partial charge in [-0.1, -0.05) is 6.07 Å². The van der Waals surface area contributed by atoms with Crippen LogP contribution in [0.1, 0.15) is 5.56 Å². The predicted octanol–water partition coefficient (Wildman–Crippen LogP) is 4.23. The fourth-order valence-corrected chi connectivity index (χ4v) is 2.32. The van der Waals surface area contributed by atoms with Crippen LogP contribution in [-0.2, 0) is 4.79 Å². The van der Waals surface area contributed by atoms with E-state index in [1.54, 1.807) is 0 Å². The quantitative estimate of drug-likeness (QED) is 0.734. The van der Waals surface area contributed by atoms with Crippen molar-refractivity contribution in [3.05, 3.63) is 23.9 Å². The van der Waals surface area contributed by atoms with E-state index in [2.05, 4.69) is 4.98 Å². The first-order valence-corrected chi connectivity index (χ1v) is 6.72. The topological polar surface area (TPSA) is 42.0 Å². The minimum atomic E-state index is -7.37. The van der Waals surface area contributed by atoms with E-state index in [0.717, 1.165) is 24.5 Å². The second kappa shape index (κ2) is 5.44. The van der Waals surface area contributed by atoms with E-state index in [9.17, 15) is 53.1 Å². The summed E-state index contributed by atoms with van der Waals surface area (Å²) in [5.74, 6) is -40.8. The molecule has 0 atom stereocenters. The summed E-state index contributed by atoms with van der Waals surface area (Å²) in [6.07, 6.45) is 0.821. The van der Waals surface area contributed by atoms with Crippen molar-refractivity contribution in [1.82, 2.24) is 4.98 Å². The predicted molar refractivity (Wildman–Crippen MR) is 66.2 cm³/mol. The third kappa shape index (κ3) is 2.15. The molecule has 1 aliphatic carbocycles. The number of rotatable bonds is 2. The van der Waals surface area contributed by atoms with Crippen molar-refractivity contribution in [3.8, 4) is 0 Å². The minimum absolute atomic E-state index is 0.194. The first kappa shape index (κ1) is 21.2. The number of alkyl halides is 11. The van der Waals surface area contributed by atoms with Crippen molar-refractivity contribution in [1.29, 1.82) is 0 Å². The van der Waals surface area contributed by atoms with Gasteiger partial charge in [-0.15, -0.1) is 0 Å². The molecule has 2 rings (SSSR count). The van der Waals surface area contributed by atoms with E-state index in [0.29, 0.717) is 0 Å². The summed E-state index contributed by atoms with van der Waals surface area (Å²) in [5, 5.41) is 0.938. The summed E-state index contributed by atoms with van der Waals surface area (Å²) in [6, 6.07) is 2.24. The largest absolute Gasteiger partial charge is 0.384 e. The molecule has 1 aromatic rings. The lowest BCUT2D eigenvalue weighted by Gasteiger charge is -2.51. The molecule has 3 nitrogen and oxygen atoms in total. The minimum Gasteiger partial charge on any atom is -0.307 e. The molecule has 0 spiro atoms. The molecule has 1 fully saturated rings. The van der Waals surface area contributed by atoms with Gasteiger partial charge in [0.25, 0.3) is 5.91 Å². The second-order valence-electron chi connectivity index (χ2n) is 5.65. The lowest BCUT2D eigenvalue weighted by atomic mass is 9.71. The Labute approximate surface area is 142 Å². The number of amides is 1. The van der Waals surface area contributed by atoms with Gasteiger partial charge < -0.3 is 5.32 Å². The van der Waals surface area contributed by atoms with E-state index >= 15 is 0 Å². The van der Waals surface area contributed by atoms with Gasteiger partial charge in [-0.25, -0.2) is 9.37 Å². The molecule has 0 unspecified atom stereocenters. The van der Waals surface area contributed by atoms with Crippen LogP contribution in [0.2, 0.25) is 0 Å². The lowest BCUT2D eigenvalue weighted by Crippen LogP contribution is -2.86. The van der Waals surface area contributed by atoms with Gasteiger partial charge in [0.2, 0.25) is 0 Å². The molecule has 1 aliphatic rings. The molecule has 1 N–H and O–H groups in total. The number of nitrogens with one attached hydrogen (secondary N) is 1. The Kier molecular flexibility index (Phi) is 4.26. The van der Waals surface area contributed by atoms with Gasteiger partial charge in [0.1, 0.15) is 5.82 Å². The summed E-state index contributed by atoms with van der Waals surface area (Å²) >= 11 is 0. The van der Waals surface area contributed by atoms with E-state index in [-0.39, 0.29) is 5.56 Å². The maximum Gasteiger partial charge on any atom is 0.384 e. The van der Waals surface area contributed by atoms with Gasteiger partial charge in [0, 0.05) is 6.20 Å². The van der Waals surface area contributed by atoms with Crippen LogP contribution in [0.5, 0.6) is 0 Å². The van der Waals surface area contributed by atoms with Gasteiger partial charge in [0.15, 0.2) is 0 Å². The molecule has 27 heavy (non-hydrogen) atoms. The lowest BCUT2D eigenvalue weighted by molar-refractivity contribution is -0.475. The molecule has 0 bridgehead atoms. The zero-order valence-electron chi connectivity index (χ0n) is 12.7. The van der Waals surface area contributed by atoms with Crippen molar-refractivity contribution >= 4 is 11.7 Å². The van der Waals surface area contributed by atoms with Crippen molar-refractivity contribution in [3.63, 3.8) is 0 Å². The van der Waals surface area contributed by atoms with Crippen molar-refractivity contribution in [2.24, 2.45) is 0 Å². The maximum absolute atomic E-state index is 14.4. The molecule has 0 aromatic carbocycles. The van der Waals surface area contributed by atoms with E-state index < -0.39 is 47.0 Å². The Hall–Kier alpha value is -2.15. The van der Waals surface area contributed by atoms with E-state index in [1.807, 2.05) is 0 Å². The average Bonchev–Trinajstić information content (AvgIpc) is 2.54. The summed E-state index contributed by atoms with van der Waals surface area (Å²) in [4.78, 5) is 14.9. The first-order chi connectivity index (χ1) is 11.9. The summed E-state index contributed by atoms with van der Waals surface area (Å²) in [6.45, 7) is 1.07. The molecule has 0 saturated heterocycles. The van der Waals surface area contributed by atoms with Crippen LogP contribution >= 0.6 is 0 Å². The maximum atomic E-state index is 14.4. The monoisotopic (exact) mass is 416 g/mol. The van der Waals surface area contributed by atoms with Crippen molar-refractivity contribution in [2.45, 2.75) is 42.2 Å². The van der Waals surface area contributed by atoms with Crippen LogP contribution in [0.4, 0.5) is 54.1 Å². The number of hydrogen-bond acceptors (Lipinski definition) is 2. The average molecular weight is 416 g/mol. The van der Waals surface area contributed by atoms with Gasteiger partial charge >= 0.3 is 35.3 Å². The highest BCUT2D eigenvalue weighted by molar-refractivity contribution is 5.99. The van der Waals surface area contributed by atoms with Crippen LogP contribution in [-0.4, -0.2) is 46.2 Å². The standard InChI is InChI=1S/C13H7F11N2O/c1-5-3-2-4-25-6(5)26-7(27)8(14)9(15,16)11(19,20)13(23,24)12(21,22)10(8,17)18/h2-4H,1H3,(H,25,26,27). The first-order valence-electron chi connectivity index (χ1n) is 6.72. The molecule has 0 radical (unpaired) electrons. The third-order valence-corrected chi connectivity index (χ3v) is 4.00. The Morgan fingerprint density at radius 3 is 1.63 bits per heavy atom. The smallest absolute Gasteiger partial charge is 0.307 e. The number of carbonyl (C=O) groups excluding carboxylic acids is 1. The Balaban J connectivity index is 2.71. The number of pyridine rings is 1. The van der Waals surface area contributed by atoms with Crippen LogP contribution in [0.15, 0.2) is 18.3 Å². The Morgan fingerprint density at radius 1 is 0.815 bits per heavy atom. The SMILES string of the molecule is Cc1cccnc1NC(=O)C1(F)C(F)(F)C(F)(F)C(F)(F)C(F)(F)C1(F)F. The highest BCUT2D eigenvalue weighted by Gasteiger charge is 3.02. The van der Waals surface area contributed by atoms with Gasteiger partial charge in [-0.05, 0) is 18.6 Å². The Bertz CT molecular complexity index is 747. The van der Waals surface area contributed by atoms with Gasteiger partial charge in [-0.2, -0.15) is 43.9 Å². The van der Waals surface area contributed by atoms with Gasteiger partial charge in [0.05, 0.1) is 0 Å². The van der Waals surface area contributed by atoms with Gasteiger partial charge in [-0.3, -0.25) is 4.79 Å². The molecule has 1 amide bonds. The number of nitrogens with zero attached hydrogens (tertiary/aromatic N) is 1. The number of anilines is 1. The van der Waals surface area contributed by atoms with Crippen LogP contribution in [0, 0.1) is 6.92 Å². The normalized spacial score (nSPS) is 26.2. The summed E-state index contributed by atoms with van der Waals surface area (Å²) in [7, 11) is 0. The summed E-state index contributed by atoms with van der Waals surface area (Å²) < 4.78 is 149. The number of aromatic nitrogens is 1. The molecule has 1 saturated carbocycles. The van der Waals surface area contributed by atoms with Crippen LogP contribution < -0.4 is 5.32 Å². The van der Waals surface area contributed by atoms with Crippen molar-refractivity contribution in [2.75, 3.05) is 5.32 Å². The van der Waals surface area contributed by atoms with Crippen LogP contribution in [0.3, 0.4) is 0 Å². The highest BCUT2D eigenvalue weighted by atomic mass is 19.4. The number of halogens is 11. The molecule has 1 heterocycles. The molecule has 14 heteroatoms. The van der Waals surface area contributed by atoms with Crippen LogP contribution in [0.25, 0.3) is 0 Å². The Morgan fingerprint density at radius 2 is 1.22 bits per heavy atom. The number of aryl methyl sites for hydroxylation is 1. The molecule has 0 aliphatic heterocycles. The van der Waals surface area contributed by atoms with E-state index in [4.69, 9.17) is 0 Å². The third-order valence-electron chi connectivity index (χ3n) is 4.00. The molecular weight excluding hydrogens is 409 g/mol. The number of hydrogen-bond donors (Lipinski definition) is 1. The molecule has 1 aromatic heterocycles. The van der Waals surface area contributed by atoms with E-state index in [1.165, 1.54) is 6.07 Å². The number of carbonyl (C=O) groups is 1. The molecule has 152 valence electrons. The fraction of sp³-hybridized carbons (Fsp3) is 0.538. The summed E-state index contributed by atoms with van der Waals surface area (Å²) in [5.41, 5.74) is -6.93. The highest BCUT2D eigenvalue weighted by Crippen LogP contribution is 2.69. The zero-order valence-corrected chi connectivity index (χ0v) is 12.7. The molecular formula is C13H7F11N2O. The second-order valence-corrected chi connectivity index (χ2v) is 5.65. The van der Waals surface area contributed by atoms with Crippen molar-refractivity contribution < 1.29 is 53.1 Å². The fourth-order valence-electron chi connectivity index (χ4n) is 2.32.